The van der Waals surface area contributed by atoms with Crippen molar-refractivity contribution in [2.75, 3.05) is 5.73 Å². The predicted molar refractivity (Wildman–Crippen MR) is 152 cm³/mol. The maximum atomic E-state index is 12.5. The van der Waals surface area contributed by atoms with Crippen molar-refractivity contribution in [2.45, 2.75) is 38.1 Å². The predicted octanol–water partition coefficient (Wildman–Crippen LogP) is 4.49. The summed E-state index contributed by atoms with van der Waals surface area (Å²) in [4.78, 5) is 37.6. The fourth-order valence-electron chi connectivity index (χ4n) is 4.78. The lowest BCUT2D eigenvalue weighted by atomic mass is 10.1. The van der Waals surface area contributed by atoms with Gasteiger partial charge in [-0.15, -0.1) is 0 Å². The monoisotopic (exact) mass is 532 g/mol. The standard InChI is InChI=1S/C31H28N6O3/c1-31(12-13-31)26-11-10-24-30(36-26)37(29(35-24)23-3-2-14-33-28(23)32)22-8-5-19(6-9-22)17-34-27(40)16-20-4-7-21(18-38)25(39)15-20/h2-11,14-15,18,39H,12-13,16-17H2,1H3,(H2,32,33)(H,34,40). The molecule has 5 aromatic rings. The summed E-state index contributed by atoms with van der Waals surface area (Å²) < 4.78 is 2.01. The summed E-state index contributed by atoms with van der Waals surface area (Å²) in [7, 11) is 0. The quantitative estimate of drug-likeness (QED) is 0.251. The van der Waals surface area contributed by atoms with Gasteiger partial charge in [-0.25, -0.2) is 15.0 Å². The van der Waals surface area contributed by atoms with Crippen molar-refractivity contribution in [1.82, 2.24) is 24.8 Å². The van der Waals surface area contributed by atoms with Crippen LogP contribution < -0.4 is 11.1 Å². The van der Waals surface area contributed by atoms with E-state index in [-0.39, 0.29) is 29.1 Å². The van der Waals surface area contributed by atoms with Gasteiger partial charge in [0.15, 0.2) is 17.8 Å². The summed E-state index contributed by atoms with van der Waals surface area (Å²) in [6, 6.07) is 20.3. The normalized spacial score (nSPS) is 13.7. The number of aldehydes is 1. The number of anilines is 1. The number of nitrogen functional groups attached to an aromatic ring is 1. The molecular weight excluding hydrogens is 504 g/mol. The molecule has 0 aliphatic heterocycles. The number of imidazole rings is 1. The highest BCUT2D eigenvalue weighted by molar-refractivity contribution is 5.83. The van der Waals surface area contributed by atoms with Crippen LogP contribution in [0.4, 0.5) is 5.82 Å². The Hall–Kier alpha value is -5.05. The van der Waals surface area contributed by atoms with Crippen LogP contribution in [0, 0.1) is 0 Å². The van der Waals surface area contributed by atoms with E-state index in [2.05, 4.69) is 23.3 Å². The van der Waals surface area contributed by atoms with Gasteiger partial charge >= 0.3 is 0 Å². The Morgan fingerprint density at radius 3 is 2.55 bits per heavy atom. The average molecular weight is 533 g/mol. The fourth-order valence-corrected chi connectivity index (χ4v) is 4.78. The SMILES string of the molecule is CC1(c2ccc3nc(-c4cccnc4N)n(-c4ccc(CNC(=O)Cc5ccc(C=O)c(O)c5)cc4)c3n2)CC1. The number of amides is 1. The Labute approximate surface area is 230 Å². The fraction of sp³-hybridized carbons (Fsp3) is 0.194. The van der Waals surface area contributed by atoms with Crippen molar-refractivity contribution >= 4 is 29.2 Å². The lowest BCUT2D eigenvalue weighted by molar-refractivity contribution is -0.120. The number of aromatic hydroxyl groups is 1. The van der Waals surface area contributed by atoms with Crippen LogP contribution in [-0.2, 0) is 23.2 Å². The maximum Gasteiger partial charge on any atom is 0.224 e. The number of hydrogen-bond donors (Lipinski definition) is 3. The van der Waals surface area contributed by atoms with E-state index < -0.39 is 0 Å². The zero-order valence-corrected chi connectivity index (χ0v) is 22.0. The van der Waals surface area contributed by atoms with Gasteiger partial charge < -0.3 is 16.2 Å². The highest BCUT2D eigenvalue weighted by Gasteiger charge is 2.40. The Kier molecular flexibility index (Phi) is 6.26. The highest BCUT2D eigenvalue weighted by Crippen LogP contribution is 2.47. The van der Waals surface area contributed by atoms with Crippen LogP contribution >= 0.6 is 0 Å². The molecule has 1 amide bonds. The summed E-state index contributed by atoms with van der Waals surface area (Å²) in [5, 5.41) is 12.8. The minimum absolute atomic E-state index is 0.0919. The molecule has 6 rings (SSSR count). The van der Waals surface area contributed by atoms with Gasteiger partial charge in [0.2, 0.25) is 5.91 Å². The lowest BCUT2D eigenvalue weighted by Crippen LogP contribution is -2.24. The van der Waals surface area contributed by atoms with E-state index in [1.54, 1.807) is 12.3 Å². The maximum absolute atomic E-state index is 12.5. The van der Waals surface area contributed by atoms with Crippen LogP contribution in [0.15, 0.2) is 72.9 Å². The third-order valence-electron chi connectivity index (χ3n) is 7.47. The molecule has 1 aliphatic carbocycles. The van der Waals surface area contributed by atoms with Crippen molar-refractivity contribution in [3.05, 3.63) is 95.3 Å². The second-order valence-electron chi connectivity index (χ2n) is 10.4. The zero-order chi connectivity index (χ0) is 27.9. The van der Waals surface area contributed by atoms with E-state index in [1.165, 1.54) is 12.1 Å². The van der Waals surface area contributed by atoms with Gasteiger partial charge in [0.1, 0.15) is 17.1 Å². The molecule has 0 spiro atoms. The number of phenolic OH excluding ortho intramolecular Hbond substituents is 1. The smallest absolute Gasteiger partial charge is 0.224 e. The van der Waals surface area contributed by atoms with Crippen molar-refractivity contribution < 1.29 is 14.7 Å². The summed E-state index contributed by atoms with van der Waals surface area (Å²) in [5.74, 6) is 0.726. The number of aromatic nitrogens is 4. The molecule has 1 saturated carbocycles. The molecule has 0 saturated heterocycles. The number of nitrogens with zero attached hydrogens (tertiary/aromatic N) is 4. The number of pyridine rings is 2. The summed E-state index contributed by atoms with van der Waals surface area (Å²) in [6.45, 7) is 2.57. The van der Waals surface area contributed by atoms with Gasteiger partial charge in [0.25, 0.3) is 0 Å². The lowest BCUT2D eigenvalue weighted by Gasteiger charge is -2.13. The molecule has 2 aromatic carbocycles. The van der Waals surface area contributed by atoms with Crippen LogP contribution in [0.1, 0.15) is 46.9 Å². The Bertz CT molecular complexity index is 1760. The Balaban J connectivity index is 1.27. The number of carbonyl (C=O) groups is 2. The Morgan fingerprint density at radius 1 is 1.07 bits per heavy atom. The van der Waals surface area contributed by atoms with E-state index in [0.717, 1.165) is 46.5 Å². The van der Waals surface area contributed by atoms with E-state index in [1.807, 2.05) is 47.0 Å². The number of nitrogens with one attached hydrogen (secondary N) is 1. The molecular formula is C31H28N6O3. The number of benzene rings is 2. The number of carbonyl (C=O) groups excluding carboxylic acids is 2. The van der Waals surface area contributed by atoms with Crippen LogP contribution in [0.3, 0.4) is 0 Å². The second-order valence-corrected chi connectivity index (χ2v) is 10.4. The third-order valence-corrected chi connectivity index (χ3v) is 7.47. The first-order valence-corrected chi connectivity index (χ1v) is 13.1. The van der Waals surface area contributed by atoms with E-state index in [9.17, 15) is 14.7 Å². The first-order valence-electron chi connectivity index (χ1n) is 13.1. The van der Waals surface area contributed by atoms with Crippen molar-refractivity contribution in [2.24, 2.45) is 0 Å². The molecule has 40 heavy (non-hydrogen) atoms. The first kappa shape index (κ1) is 25.2. The molecule has 3 heterocycles. The minimum atomic E-state index is -0.192. The molecule has 4 N–H and O–H groups in total. The first-order chi connectivity index (χ1) is 19.3. The molecule has 0 atom stereocenters. The highest BCUT2D eigenvalue weighted by atomic mass is 16.3. The van der Waals surface area contributed by atoms with Crippen LogP contribution in [0.2, 0.25) is 0 Å². The van der Waals surface area contributed by atoms with E-state index in [0.29, 0.717) is 30.0 Å². The Morgan fingerprint density at radius 2 is 1.85 bits per heavy atom. The average Bonchev–Trinajstić information content (AvgIpc) is 3.60. The molecule has 200 valence electrons. The van der Waals surface area contributed by atoms with Crippen LogP contribution in [-0.4, -0.2) is 36.8 Å². The topological polar surface area (TPSA) is 136 Å². The van der Waals surface area contributed by atoms with Gasteiger partial charge in [0, 0.05) is 29.5 Å². The largest absolute Gasteiger partial charge is 0.507 e. The zero-order valence-electron chi connectivity index (χ0n) is 22.0. The van der Waals surface area contributed by atoms with Gasteiger partial charge in [-0.05, 0) is 72.5 Å². The summed E-state index contributed by atoms with van der Waals surface area (Å²) in [5.41, 5.74) is 12.3. The number of nitrogens with two attached hydrogens (primary N) is 1. The van der Waals surface area contributed by atoms with Crippen molar-refractivity contribution in [3.63, 3.8) is 0 Å². The molecule has 9 nitrogen and oxygen atoms in total. The molecule has 1 fully saturated rings. The van der Waals surface area contributed by atoms with Gasteiger partial charge in [-0.3, -0.25) is 14.2 Å². The summed E-state index contributed by atoms with van der Waals surface area (Å²) >= 11 is 0. The second kappa shape index (κ2) is 9.92. The van der Waals surface area contributed by atoms with Gasteiger partial charge in [0.05, 0.1) is 17.5 Å². The third kappa shape index (κ3) is 4.77. The van der Waals surface area contributed by atoms with Crippen molar-refractivity contribution in [1.29, 1.82) is 0 Å². The number of fused-ring (bicyclic) bond motifs is 1. The molecule has 9 heteroatoms. The molecule has 3 aromatic heterocycles. The number of phenols is 1. The van der Waals surface area contributed by atoms with Gasteiger partial charge in [-0.2, -0.15) is 0 Å². The number of hydrogen-bond acceptors (Lipinski definition) is 7. The van der Waals surface area contributed by atoms with Crippen LogP contribution in [0.5, 0.6) is 5.75 Å². The van der Waals surface area contributed by atoms with Crippen LogP contribution in [0.25, 0.3) is 28.2 Å². The minimum Gasteiger partial charge on any atom is -0.507 e. The number of rotatable bonds is 8. The van der Waals surface area contributed by atoms with Gasteiger partial charge in [-0.1, -0.05) is 25.1 Å². The molecule has 1 aliphatic rings. The summed E-state index contributed by atoms with van der Waals surface area (Å²) in [6.07, 6.45) is 4.56. The van der Waals surface area contributed by atoms with Crippen molar-refractivity contribution in [3.8, 4) is 22.8 Å². The molecule has 0 radical (unpaired) electrons. The van der Waals surface area contributed by atoms with E-state index >= 15 is 0 Å². The van der Waals surface area contributed by atoms with E-state index in [4.69, 9.17) is 15.7 Å². The molecule has 0 unspecified atom stereocenters. The molecule has 0 bridgehead atoms.